The average molecular weight is 374 g/mol. The molecule has 1 fully saturated rings. The van der Waals surface area contributed by atoms with Crippen molar-refractivity contribution in [2.45, 2.75) is 44.6 Å². The summed E-state index contributed by atoms with van der Waals surface area (Å²) in [5.74, 6) is 1.63. The molecular weight excluding hydrogens is 350 g/mol. The largest absolute Gasteiger partial charge is 0.333 e. The smallest absolute Gasteiger partial charge is 0.261 e. The van der Waals surface area contributed by atoms with Crippen LogP contribution in [0.25, 0.3) is 22.8 Å². The second-order valence-electron chi connectivity index (χ2n) is 6.76. The van der Waals surface area contributed by atoms with Crippen molar-refractivity contribution < 1.29 is 4.52 Å². The van der Waals surface area contributed by atoms with Crippen molar-refractivity contribution in [3.05, 3.63) is 41.7 Å². The van der Waals surface area contributed by atoms with Gasteiger partial charge < -0.3 is 10.3 Å². The summed E-state index contributed by atoms with van der Waals surface area (Å²) in [5.41, 5.74) is 9.72. The van der Waals surface area contributed by atoms with Crippen molar-refractivity contribution in [3.63, 3.8) is 0 Å². The predicted molar refractivity (Wildman–Crippen MR) is 103 cm³/mol. The molecule has 7 heteroatoms. The molecule has 0 radical (unpaired) electrons. The molecule has 138 valence electrons. The molecule has 0 amide bonds. The van der Waals surface area contributed by atoms with Gasteiger partial charge in [-0.25, -0.2) is 0 Å². The summed E-state index contributed by atoms with van der Waals surface area (Å²) in [7, 11) is 1.94. The van der Waals surface area contributed by atoms with Crippen molar-refractivity contribution in [3.8, 4) is 22.8 Å². The minimum absolute atomic E-state index is 0. The lowest BCUT2D eigenvalue weighted by molar-refractivity contribution is 0.423. The molecule has 0 unspecified atom stereocenters. The molecule has 0 saturated heterocycles. The van der Waals surface area contributed by atoms with Gasteiger partial charge in [-0.1, -0.05) is 48.7 Å². The van der Waals surface area contributed by atoms with Crippen LogP contribution in [0.2, 0.25) is 0 Å². The molecule has 0 atom stereocenters. The van der Waals surface area contributed by atoms with E-state index in [4.69, 9.17) is 15.4 Å². The summed E-state index contributed by atoms with van der Waals surface area (Å²) in [5, 5.41) is 8.85. The number of nitrogens with two attached hydrogens (primary N) is 1. The molecule has 2 heterocycles. The van der Waals surface area contributed by atoms with Gasteiger partial charge in [-0.3, -0.25) is 4.68 Å². The van der Waals surface area contributed by atoms with Crippen LogP contribution in [0.3, 0.4) is 0 Å². The van der Waals surface area contributed by atoms with E-state index >= 15 is 0 Å². The van der Waals surface area contributed by atoms with Gasteiger partial charge in [-0.15, -0.1) is 12.4 Å². The maximum absolute atomic E-state index is 5.65. The lowest BCUT2D eigenvalue weighted by Crippen LogP contribution is -2.06. The van der Waals surface area contributed by atoms with Crippen LogP contribution < -0.4 is 5.73 Å². The van der Waals surface area contributed by atoms with Crippen LogP contribution in [0.5, 0.6) is 0 Å². The second kappa shape index (κ2) is 8.01. The van der Waals surface area contributed by atoms with Crippen LogP contribution in [0.15, 0.2) is 35.0 Å². The predicted octanol–water partition coefficient (Wildman–Crippen LogP) is 4.07. The van der Waals surface area contributed by atoms with E-state index in [-0.39, 0.29) is 12.4 Å². The minimum atomic E-state index is 0. The second-order valence-corrected chi connectivity index (χ2v) is 6.76. The van der Waals surface area contributed by atoms with E-state index < -0.39 is 0 Å². The number of nitrogens with zero attached hydrogens (tertiary/aromatic N) is 4. The van der Waals surface area contributed by atoms with Crippen molar-refractivity contribution in [1.29, 1.82) is 0 Å². The van der Waals surface area contributed by atoms with Crippen molar-refractivity contribution in [1.82, 2.24) is 19.9 Å². The normalized spacial score (nSPS) is 15.0. The van der Waals surface area contributed by atoms with Crippen LogP contribution in [0.1, 0.15) is 49.3 Å². The summed E-state index contributed by atoms with van der Waals surface area (Å²) in [4.78, 5) is 4.61. The fourth-order valence-corrected chi connectivity index (χ4v) is 3.59. The topological polar surface area (TPSA) is 82.8 Å². The quantitative estimate of drug-likeness (QED) is 0.745. The van der Waals surface area contributed by atoms with Gasteiger partial charge in [0.2, 0.25) is 5.82 Å². The fourth-order valence-electron chi connectivity index (χ4n) is 3.59. The van der Waals surface area contributed by atoms with Crippen LogP contribution >= 0.6 is 12.4 Å². The SMILES string of the molecule is Cl.Cn1cc(-c2nc(-c3ccc(CN)cc3)no2)c(C2CCCCC2)n1. The number of halogens is 1. The highest BCUT2D eigenvalue weighted by atomic mass is 35.5. The lowest BCUT2D eigenvalue weighted by atomic mass is 9.85. The van der Waals surface area contributed by atoms with Crippen LogP contribution in [0, 0.1) is 0 Å². The Morgan fingerprint density at radius 1 is 1.15 bits per heavy atom. The van der Waals surface area contributed by atoms with Crippen LogP contribution in [-0.4, -0.2) is 19.9 Å². The van der Waals surface area contributed by atoms with Crippen molar-refractivity contribution in [2.24, 2.45) is 12.8 Å². The number of aryl methyl sites for hydroxylation is 1. The number of hydrogen-bond donors (Lipinski definition) is 1. The monoisotopic (exact) mass is 373 g/mol. The Morgan fingerprint density at radius 3 is 2.58 bits per heavy atom. The van der Waals surface area contributed by atoms with Crippen molar-refractivity contribution in [2.75, 3.05) is 0 Å². The Morgan fingerprint density at radius 2 is 1.88 bits per heavy atom. The van der Waals surface area contributed by atoms with E-state index in [1.54, 1.807) is 0 Å². The minimum Gasteiger partial charge on any atom is -0.333 e. The third-order valence-electron chi connectivity index (χ3n) is 4.95. The van der Waals surface area contributed by atoms with Gasteiger partial charge in [0.1, 0.15) is 0 Å². The van der Waals surface area contributed by atoms with Crippen molar-refractivity contribution >= 4 is 12.4 Å². The highest BCUT2D eigenvalue weighted by Gasteiger charge is 2.25. The number of aromatic nitrogens is 4. The molecule has 0 spiro atoms. The summed E-state index contributed by atoms with van der Waals surface area (Å²) in [6, 6.07) is 7.93. The zero-order valence-corrected chi connectivity index (χ0v) is 15.7. The number of rotatable bonds is 4. The highest BCUT2D eigenvalue weighted by Crippen LogP contribution is 2.37. The summed E-state index contributed by atoms with van der Waals surface area (Å²) >= 11 is 0. The van der Waals surface area contributed by atoms with Gasteiger partial charge in [0.25, 0.3) is 5.89 Å². The molecule has 2 N–H and O–H groups in total. The van der Waals surface area contributed by atoms with Gasteiger partial charge in [-0.05, 0) is 18.4 Å². The first-order valence-electron chi connectivity index (χ1n) is 8.91. The zero-order chi connectivity index (χ0) is 17.2. The summed E-state index contributed by atoms with van der Waals surface area (Å²) < 4.78 is 7.41. The summed E-state index contributed by atoms with van der Waals surface area (Å²) in [6.45, 7) is 0.526. The molecule has 6 nitrogen and oxygen atoms in total. The Balaban J connectivity index is 0.00000196. The highest BCUT2D eigenvalue weighted by molar-refractivity contribution is 5.85. The standard InChI is InChI=1S/C19H23N5O.ClH/c1-24-12-16(17(22-24)14-5-3-2-4-6-14)19-21-18(23-25-19)15-9-7-13(11-20)8-10-15;/h7-10,12,14H,2-6,11,20H2,1H3;1H. The first-order chi connectivity index (χ1) is 12.2. The van der Waals surface area contributed by atoms with E-state index in [1.807, 2.05) is 42.2 Å². The molecule has 3 aromatic rings. The number of benzene rings is 1. The first kappa shape index (κ1) is 18.6. The molecule has 0 aliphatic heterocycles. The molecule has 26 heavy (non-hydrogen) atoms. The Labute approximate surface area is 159 Å². The van der Waals surface area contributed by atoms with Gasteiger partial charge in [0, 0.05) is 31.3 Å². The summed E-state index contributed by atoms with van der Waals surface area (Å²) in [6.07, 6.45) is 8.21. The van der Waals surface area contributed by atoms with E-state index in [2.05, 4.69) is 10.1 Å². The van der Waals surface area contributed by atoms with Gasteiger partial charge in [0.15, 0.2) is 0 Å². The molecule has 1 aliphatic rings. The fraction of sp³-hybridized carbons (Fsp3) is 0.421. The molecule has 4 rings (SSSR count). The maximum Gasteiger partial charge on any atom is 0.261 e. The zero-order valence-electron chi connectivity index (χ0n) is 14.9. The third kappa shape index (κ3) is 3.66. The molecule has 1 saturated carbocycles. The van der Waals surface area contributed by atoms with E-state index in [0.29, 0.717) is 24.2 Å². The average Bonchev–Trinajstić information content (AvgIpc) is 3.29. The Hall–Kier alpha value is -2.18. The molecular formula is C19H24ClN5O. The van der Waals surface area contributed by atoms with E-state index in [9.17, 15) is 0 Å². The van der Waals surface area contributed by atoms with Crippen LogP contribution in [-0.2, 0) is 13.6 Å². The number of hydrogen-bond acceptors (Lipinski definition) is 5. The van der Waals surface area contributed by atoms with E-state index in [1.165, 1.54) is 32.1 Å². The van der Waals surface area contributed by atoms with Gasteiger partial charge in [-0.2, -0.15) is 10.1 Å². The Kier molecular flexibility index (Phi) is 5.74. The van der Waals surface area contributed by atoms with Gasteiger partial charge in [0.05, 0.1) is 11.3 Å². The van der Waals surface area contributed by atoms with Gasteiger partial charge >= 0.3 is 0 Å². The molecule has 1 aromatic carbocycles. The first-order valence-corrected chi connectivity index (χ1v) is 8.91. The maximum atomic E-state index is 5.65. The van der Waals surface area contributed by atoms with Crippen LogP contribution in [0.4, 0.5) is 0 Å². The Bertz CT molecular complexity index is 849. The lowest BCUT2D eigenvalue weighted by Gasteiger charge is -2.20. The molecule has 2 aromatic heterocycles. The molecule has 0 bridgehead atoms. The molecule has 1 aliphatic carbocycles. The van der Waals surface area contributed by atoms with E-state index in [0.717, 1.165) is 22.4 Å². The third-order valence-corrected chi connectivity index (χ3v) is 4.95.